The van der Waals surface area contributed by atoms with Crippen LogP contribution in [0.3, 0.4) is 0 Å². The fraction of sp³-hybridized carbons (Fsp3) is 0.333. The topological polar surface area (TPSA) is 58.0 Å². The van der Waals surface area contributed by atoms with Crippen LogP contribution in [0.5, 0.6) is 0 Å². The largest absolute Gasteiger partial charge is 0.394 e. The highest BCUT2D eigenvalue weighted by Gasteiger charge is 2.16. The fourth-order valence-corrected chi connectivity index (χ4v) is 3.68. The average Bonchev–Trinajstić information content (AvgIpc) is 2.97. The van der Waals surface area contributed by atoms with Crippen molar-refractivity contribution < 1.29 is 5.11 Å². The molecule has 0 saturated carbocycles. The van der Waals surface area contributed by atoms with Gasteiger partial charge >= 0.3 is 0 Å². The van der Waals surface area contributed by atoms with E-state index in [0.29, 0.717) is 0 Å². The fourth-order valence-electron chi connectivity index (χ4n) is 2.77. The van der Waals surface area contributed by atoms with E-state index in [-0.39, 0.29) is 12.6 Å². The van der Waals surface area contributed by atoms with Gasteiger partial charge in [-0.1, -0.05) is 30.7 Å². The molecule has 2 aromatic heterocycles. The molecule has 2 heterocycles. The number of rotatable bonds is 5. The third kappa shape index (κ3) is 3.07. The van der Waals surface area contributed by atoms with Crippen LogP contribution in [-0.2, 0) is 0 Å². The highest BCUT2D eigenvalue weighted by Crippen LogP contribution is 2.38. The summed E-state index contributed by atoms with van der Waals surface area (Å²) in [5.74, 6) is 0.798. The molecular formula is C18H21N3OS. The third-order valence-corrected chi connectivity index (χ3v) is 4.98. The summed E-state index contributed by atoms with van der Waals surface area (Å²) in [4.78, 5) is 9.78. The Kier molecular flexibility index (Phi) is 4.59. The number of aliphatic hydroxyl groups is 1. The molecule has 0 saturated heterocycles. The van der Waals surface area contributed by atoms with Crippen LogP contribution in [0.1, 0.15) is 24.5 Å². The summed E-state index contributed by atoms with van der Waals surface area (Å²) < 4.78 is 0. The standard InChI is InChI=1S/C18H21N3OS/c1-4-13(8-22)21-17-16-15(9-23-18(16)20-10-19-17)14-6-5-11(2)7-12(14)3/h5-7,9-10,13,22H,4,8H2,1-3H3,(H,19,20,21). The molecule has 0 radical (unpaired) electrons. The summed E-state index contributed by atoms with van der Waals surface area (Å²) in [6.07, 6.45) is 2.42. The summed E-state index contributed by atoms with van der Waals surface area (Å²) in [5, 5.41) is 16.0. The number of thiophene rings is 1. The van der Waals surface area contributed by atoms with Gasteiger partial charge < -0.3 is 10.4 Å². The number of anilines is 1. The molecule has 1 unspecified atom stereocenters. The molecule has 0 aliphatic carbocycles. The van der Waals surface area contributed by atoms with Crippen LogP contribution in [0.2, 0.25) is 0 Å². The van der Waals surface area contributed by atoms with Gasteiger partial charge in [-0.25, -0.2) is 9.97 Å². The molecular weight excluding hydrogens is 306 g/mol. The SMILES string of the molecule is CCC(CO)Nc1ncnc2scc(-c3ccc(C)cc3C)c12. The normalized spacial score (nSPS) is 12.5. The lowest BCUT2D eigenvalue weighted by Crippen LogP contribution is -2.23. The lowest BCUT2D eigenvalue weighted by atomic mass is 9.99. The van der Waals surface area contributed by atoms with Gasteiger partial charge in [0.1, 0.15) is 17.0 Å². The minimum atomic E-state index is -0.0000326. The van der Waals surface area contributed by atoms with Crippen molar-refractivity contribution in [1.82, 2.24) is 9.97 Å². The first kappa shape index (κ1) is 15.9. The molecule has 0 fully saturated rings. The second kappa shape index (κ2) is 6.64. The zero-order valence-electron chi connectivity index (χ0n) is 13.6. The first-order chi connectivity index (χ1) is 11.1. The van der Waals surface area contributed by atoms with Crippen LogP contribution in [0, 0.1) is 13.8 Å². The van der Waals surface area contributed by atoms with Crippen molar-refractivity contribution in [3.63, 3.8) is 0 Å². The van der Waals surface area contributed by atoms with Crippen LogP contribution in [0.4, 0.5) is 5.82 Å². The van der Waals surface area contributed by atoms with Crippen molar-refractivity contribution in [2.45, 2.75) is 33.2 Å². The van der Waals surface area contributed by atoms with Crippen molar-refractivity contribution in [3.8, 4) is 11.1 Å². The molecule has 3 rings (SSSR count). The molecule has 0 spiro atoms. The molecule has 3 aromatic rings. The number of hydrogen-bond acceptors (Lipinski definition) is 5. The smallest absolute Gasteiger partial charge is 0.139 e. The van der Waals surface area contributed by atoms with Crippen molar-refractivity contribution in [2.24, 2.45) is 0 Å². The van der Waals surface area contributed by atoms with Crippen molar-refractivity contribution in [1.29, 1.82) is 0 Å². The van der Waals surface area contributed by atoms with Crippen LogP contribution >= 0.6 is 11.3 Å². The number of nitrogens with one attached hydrogen (secondary N) is 1. The first-order valence-corrected chi connectivity index (χ1v) is 8.69. The molecule has 0 bridgehead atoms. The predicted molar refractivity (Wildman–Crippen MR) is 97.1 cm³/mol. The maximum absolute atomic E-state index is 9.47. The summed E-state index contributed by atoms with van der Waals surface area (Å²) in [6, 6.07) is 6.48. The van der Waals surface area contributed by atoms with E-state index < -0.39 is 0 Å². The second-order valence-corrected chi connectivity index (χ2v) is 6.66. The van der Waals surface area contributed by atoms with E-state index in [2.05, 4.69) is 52.7 Å². The van der Waals surface area contributed by atoms with E-state index in [9.17, 15) is 5.11 Å². The van der Waals surface area contributed by atoms with E-state index in [1.165, 1.54) is 16.7 Å². The monoisotopic (exact) mass is 327 g/mol. The summed E-state index contributed by atoms with van der Waals surface area (Å²) >= 11 is 1.62. The molecule has 1 atom stereocenters. The Labute approximate surface area is 140 Å². The molecule has 0 amide bonds. The van der Waals surface area contributed by atoms with E-state index in [0.717, 1.165) is 28.0 Å². The Morgan fingerprint density at radius 1 is 1.22 bits per heavy atom. The van der Waals surface area contributed by atoms with E-state index in [4.69, 9.17) is 0 Å². The number of fused-ring (bicyclic) bond motifs is 1. The molecule has 4 nitrogen and oxygen atoms in total. The van der Waals surface area contributed by atoms with Crippen LogP contribution in [-0.4, -0.2) is 27.7 Å². The Bertz CT molecular complexity index is 824. The minimum Gasteiger partial charge on any atom is -0.394 e. The summed E-state index contributed by atoms with van der Waals surface area (Å²) in [5.41, 5.74) is 4.86. The van der Waals surface area contributed by atoms with Gasteiger partial charge in [0.2, 0.25) is 0 Å². The van der Waals surface area contributed by atoms with E-state index in [1.54, 1.807) is 17.7 Å². The summed E-state index contributed by atoms with van der Waals surface area (Å²) in [7, 11) is 0. The van der Waals surface area contributed by atoms with Crippen LogP contribution in [0.15, 0.2) is 29.9 Å². The van der Waals surface area contributed by atoms with Gasteiger partial charge in [-0.3, -0.25) is 0 Å². The molecule has 23 heavy (non-hydrogen) atoms. The first-order valence-electron chi connectivity index (χ1n) is 7.81. The second-order valence-electron chi connectivity index (χ2n) is 5.80. The van der Waals surface area contributed by atoms with E-state index in [1.807, 2.05) is 6.92 Å². The highest BCUT2D eigenvalue weighted by molar-refractivity contribution is 7.17. The average molecular weight is 327 g/mol. The summed E-state index contributed by atoms with van der Waals surface area (Å²) in [6.45, 7) is 6.37. The molecule has 2 N–H and O–H groups in total. The molecule has 5 heteroatoms. The zero-order valence-corrected chi connectivity index (χ0v) is 14.4. The van der Waals surface area contributed by atoms with Gasteiger partial charge in [-0.15, -0.1) is 11.3 Å². The van der Waals surface area contributed by atoms with Crippen LogP contribution < -0.4 is 5.32 Å². The van der Waals surface area contributed by atoms with Crippen LogP contribution in [0.25, 0.3) is 21.3 Å². The number of aromatic nitrogens is 2. The predicted octanol–water partition coefficient (Wildman–Crippen LogP) is 4.16. The van der Waals surface area contributed by atoms with Gasteiger partial charge in [-0.2, -0.15) is 0 Å². The van der Waals surface area contributed by atoms with Gasteiger partial charge in [0.05, 0.1) is 18.0 Å². The van der Waals surface area contributed by atoms with Crippen molar-refractivity contribution in [3.05, 3.63) is 41.0 Å². The number of aryl methyl sites for hydroxylation is 2. The van der Waals surface area contributed by atoms with Gasteiger partial charge in [0, 0.05) is 10.9 Å². The number of nitrogens with zero attached hydrogens (tertiary/aromatic N) is 2. The van der Waals surface area contributed by atoms with Crippen molar-refractivity contribution in [2.75, 3.05) is 11.9 Å². The Morgan fingerprint density at radius 2 is 2.04 bits per heavy atom. The maximum Gasteiger partial charge on any atom is 0.139 e. The molecule has 0 aliphatic heterocycles. The number of hydrogen-bond donors (Lipinski definition) is 2. The van der Waals surface area contributed by atoms with Gasteiger partial charge in [-0.05, 0) is 31.4 Å². The zero-order chi connectivity index (χ0) is 16.4. The quantitative estimate of drug-likeness (QED) is 0.739. The Morgan fingerprint density at radius 3 is 2.74 bits per heavy atom. The lowest BCUT2D eigenvalue weighted by Gasteiger charge is -2.16. The Balaban J connectivity index is 2.15. The van der Waals surface area contributed by atoms with E-state index >= 15 is 0 Å². The molecule has 120 valence electrons. The molecule has 0 aliphatic rings. The lowest BCUT2D eigenvalue weighted by molar-refractivity contribution is 0.271. The third-order valence-electron chi connectivity index (χ3n) is 4.10. The highest BCUT2D eigenvalue weighted by atomic mass is 32.1. The number of aliphatic hydroxyl groups excluding tert-OH is 1. The van der Waals surface area contributed by atoms with Crippen molar-refractivity contribution >= 4 is 27.4 Å². The van der Waals surface area contributed by atoms with Gasteiger partial charge in [0.25, 0.3) is 0 Å². The minimum absolute atomic E-state index is 0.0000326. The maximum atomic E-state index is 9.47. The van der Waals surface area contributed by atoms with Gasteiger partial charge in [0.15, 0.2) is 0 Å². The number of benzene rings is 1. The Hall–Kier alpha value is -1.98. The molecule has 1 aromatic carbocycles.